The van der Waals surface area contributed by atoms with Crippen LogP contribution in [0.2, 0.25) is 0 Å². The number of rotatable bonds is 3. The fourth-order valence-corrected chi connectivity index (χ4v) is 3.58. The van der Waals surface area contributed by atoms with E-state index in [1.54, 1.807) is 30.3 Å². The molecule has 0 aliphatic heterocycles. The van der Waals surface area contributed by atoms with Crippen molar-refractivity contribution in [2.75, 3.05) is 6.61 Å². The number of carbonyl (C=O) groups is 1. The van der Waals surface area contributed by atoms with Crippen LogP contribution in [0.1, 0.15) is 23.0 Å². The molecule has 0 spiro atoms. The van der Waals surface area contributed by atoms with Gasteiger partial charge >= 0.3 is 12.1 Å². The Balaban J connectivity index is 2.17. The Morgan fingerprint density at radius 2 is 1.78 bits per heavy atom. The Bertz CT molecular complexity index is 1500. The summed E-state index contributed by atoms with van der Waals surface area (Å²) in [6, 6.07) is 11.6. The molecule has 0 unspecified atom stereocenters. The lowest BCUT2D eigenvalue weighted by Gasteiger charge is -2.18. The molecule has 2 aromatic heterocycles. The average molecular weight is 444 g/mol. The second kappa shape index (κ2) is 7.56. The highest BCUT2D eigenvalue weighted by molar-refractivity contribution is 5.99. The van der Waals surface area contributed by atoms with Gasteiger partial charge in [0, 0.05) is 10.8 Å². The number of H-pyrrole nitrogens is 1. The lowest BCUT2D eigenvalue weighted by atomic mass is 10.1. The predicted octanol–water partition coefficient (Wildman–Crippen LogP) is 3.73. The van der Waals surface area contributed by atoms with Gasteiger partial charge in [0.15, 0.2) is 5.56 Å². The zero-order chi connectivity index (χ0) is 23.2. The first-order chi connectivity index (χ1) is 15.1. The quantitative estimate of drug-likeness (QED) is 0.469. The molecule has 0 fully saturated rings. The summed E-state index contributed by atoms with van der Waals surface area (Å²) in [5.41, 5.74) is -5.28. The van der Waals surface area contributed by atoms with Gasteiger partial charge in [0.1, 0.15) is 17.0 Å². The molecule has 164 valence electrons. The minimum Gasteiger partial charge on any atom is -0.506 e. The smallest absolute Gasteiger partial charge is 0.431 e. The number of fused-ring (bicyclic) bond motifs is 2. The van der Waals surface area contributed by atoms with Crippen molar-refractivity contribution < 1.29 is 27.8 Å². The molecule has 0 saturated carbocycles. The fraction of sp³-hybridized carbons (Fsp3) is 0.136. The van der Waals surface area contributed by atoms with Crippen LogP contribution in [0.4, 0.5) is 13.2 Å². The largest absolute Gasteiger partial charge is 0.506 e. The molecule has 2 heterocycles. The van der Waals surface area contributed by atoms with Crippen molar-refractivity contribution in [2.45, 2.75) is 13.1 Å². The van der Waals surface area contributed by atoms with Gasteiger partial charge in [0.2, 0.25) is 0 Å². The first kappa shape index (κ1) is 21.2. The molecule has 2 aromatic carbocycles. The van der Waals surface area contributed by atoms with Crippen LogP contribution in [0.5, 0.6) is 5.75 Å². The maximum Gasteiger partial charge on any atom is 0.431 e. The number of aromatic hydroxyl groups is 1. The van der Waals surface area contributed by atoms with Crippen LogP contribution in [-0.2, 0) is 10.9 Å². The molecule has 0 atom stereocenters. The third kappa shape index (κ3) is 3.29. The van der Waals surface area contributed by atoms with Gasteiger partial charge in [-0.3, -0.25) is 14.2 Å². The van der Waals surface area contributed by atoms with Gasteiger partial charge in [0.25, 0.3) is 11.1 Å². The summed E-state index contributed by atoms with van der Waals surface area (Å²) in [6.45, 7) is 1.32. The van der Waals surface area contributed by atoms with Crippen LogP contribution in [0.25, 0.3) is 27.4 Å². The standard InChI is InChI=1S/C22H15F3N2O5/c1-2-32-21(31)16-18(28)13-10-15(22(23,24)25)27(20(30)17(13)26-19(16)29)14-9-5-7-11-6-3-4-8-12(11)14/h3-10H,2H2,1H3,(H2,26,28,29). The van der Waals surface area contributed by atoms with E-state index in [1.165, 1.54) is 19.1 Å². The molecular formula is C22H15F3N2O5. The van der Waals surface area contributed by atoms with Crippen LogP contribution >= 0.6 is 0 Å². The summed E-state index contributed by atoms with van der Waals surface area (Å²) in [4.78, 5) is 39.7. The van der Waals surface area contributed by atoms with E-state index < -0.39 is 51.2 Å². The van der Waals surface area contributed by atoms with Gasteiger partial charge in [-0.2, -0.15) is 13.2 Å². The van der Waals surface area contributed by atoms with Crippen molar-refractivity contribution in [2.24, 2.45) is 0 Å². The second-order valence-corrected chi connectivity index (χ2v) is 6.85. The van der Waals surface area contributed by atoms with Crippen LogP contribution in [0.15, 0.2) is 58.1 Å². The van der Waals surface area contributed by atoms with Crippen LogP contribution in [0.3, 0.4) is 0 Å². The van der Waals surface area contributed by atoms with Crippen LogP contribution in [0, 0.1) is 0 Å². The highest BCUT2D eigenvalue weighted by Gasteiger charge is 2.37. The van der Waals surface area contributed by atoms with Crippen molar-refractivity contribution in [1.29, 1.82) is 0 Å². The predicted molar refractivity (Wildman–Crippen MR) is 110 cm³/mol. The molecule has 4 rings (SSSR count). The minimum absolute atomic E-state index is 0.0582. The number of aromatic nitrogens is 2. The van der Waals surface area contributed by atoms with Gasteiger partial charge in [-0.25, -0.2) is 4.79 Å². The number of pyridine rings is 2. The molecule has 0 saturated heterocycles. The number of nitrogens with zero attached hydrogens (tertiary/aromatic N) is 1. The maximum absolute atomic E-state index is 14.0. The van der Waals surface area contributed by atoms with Gasteiger partial charge in [0.05, 0.1) is 12.3 Å². The summed E-state index contributed by atoms with van der Waals surface area (Å²) >= 11 is 0. The van der Waals surface area contributed by atoms with Crippen molar-refractivity contribution in [3.63, 3.8) is 0 Å². The molecule has 0 aliphatic carbocycles. The molecule has 0 bridgehead atoms. The summed E-state index contributed by atoms with van der Waals surface area (Å²) in [7, 11) is 0. The van der Waals surface area contributed by atoms with Crippen molar-refractivity contribution in [3.05, 3.63) is 80.5 Å². The number of hydrogen-bond donors (Lipinski definition) is 2. The number of alkyl halides is 3. The molecule has 0 radical (unpaired) electrons. The molecule has 10 heteroatoms. The minimum atomic E-state index is -5.00. The third-order valence-electron chi connectivity index (χ3n) is 4.94. The molecule has 32 heavy (non-hydrogen) atoms. The van der Waals surface area contributed by atoms with Gasteiger partial charge < -0.3 is 14.8 Å². The lowest BCUT2D eigenvalue weighted by Crippen LogP contribution is -2.30. The van der Waals surface area contributed by atoms with E-state index in [0.29, 0.717) is 21.4 Å². The summed E-state index contributed by atoms with van der Waals surface area (Å²) in [5, 5.41) is 10.8. The Morgan fingerprint density at radius 1 is 1.09 bits per heavy atom. The van der Waals surface area contributed by atoms with Crippen molar-refractivity contribution in [1.82, 2.24) is 9.55 Å². The number of ether oxygens (including phenoxy) is 1. The van der Waals surface area contributed by atoms with E-state index in [2.05, 4.69) is 9.72 Å². The first-order valence-corrected chi connectivity index (χ1v) is 9.42. The molecule has 2 N–H and O–H groups in total. The van der Waals surface area contributed by atoms with E-state index in [9.17, 15) is 32.7 Å². The summed E-state index contributed by atoms with van der Waals surface area (Å²) < 4.78 is 47.2. The van der Waals surface area contributed by atoms with E-state index in [1.807, 2.05) is 0 Å². The van der Waals surface area contributed by atoms with Gasteiger partial charge in [-0.05, 0) is 24.4 Å². The number of carbonyl (C=O) groups excluding carboxylic acids is 1. The van der Waals surface area contributed by atoms with Gasteiger partial charge in [-0.15, -0.1) is 0 Å². The highest BCUT2D eigenvalue weighted by Crippen LogP contribution is 2.35. The van der Waals surface area contributed by atoms with E-state index >= 15 is 0 Å². The van der Waals surface area contributed by atoms with Crippen LogP contribution < -0.4 is 11.1 Å². The number of aromatic amines is 1. The summed E-state index contributed by atoms with van der Waals surface area (Å²) in [5.74, 6) is -2.28. The monoisotopic (exact) mass is 444 g/mol. The zero-order valence-corrected chi connectivity index (χ0v) is 16.5. The molecule has 0 aliphatic rings. The zero-order valence-electron chi connectivity index (χ0n) is 16.5. The molecule has 0 amide bonds. The number of benzene rings is 2. The van der Waals surface area contributed by atoms with Crippen LogP contribution in [-0.4, -0.2) is 27.2 Å². The van der Waals surface area contributed by atoms with Gasteiger partial charge in [-0.1, -0.05) is 36.4 Å². The maximum atomic E-state index is 14.0. The SMILES string of the molecule is CCOC(=O)c1c(O)c2cc(C(F)(F)F)n(-c3cccc4ccccc34)c(=O)c2[nH]c1=O. The Hall–Kier alpha value is -4.08. The highest BCUT2D eigenvalue weighted by atomic mass is 19.4. The first-order valence-electron chi connectivity index (χ1n) is 9.42. The summed E-state index contributed by atoms with van der Waals surface area (Å²) in [6.07, 6.45) is -5.00. The van der Waals surface area contributed by atoms with Crippen molar-refractivity contribution >= 4 is 27.6 Å². The van der Waals surface area contributed by atoms with E-state index in [0.717, 1.165) is 0 Å². The average Bonchev–Trinajstić information content (AvgIpc) is 2.73. The van der Waals surface area contributed by atoms with E-state index in [4.69, 9.17) is 0 Å². The van der Waals surface area contributed by atoms with E-state index in [-0.39, 0.29) is 12.3 Å². The normalized spacial score (nSPS) is 11.8. The Labute approximate surface area is 177 Å². The Kier molecular flexibility index (Phi) is 5.00. The molecular weight excluding hydrogens is 429 g/mol. The number of nitrogens with one attached hydrogen (secondary N) is 1. The lowest BCUT2D eigenvalue weighted by molar-refractivity contribution is -0.142. The number of hydrogen-bond acceptors (Lipinski definition) is 5. The fourth-order valence-electron chi connectivity index (χ4n) is 3.58. The number of esters is 1. The second-order valence-electron chi connectivity index (χ2n) is 6.85. The Morgan fingerprint density at radius 3 is 2.47 bits per heavy atom. The molecule has 7 nitrogen and oxygen atoms in total. The topological polar surface area (TPSA) is 101 Å². The number of halogens is 3. The molecule has 4 aromatic rings. The third-order valence-corrected chi connectivity index (χ3v) is 4.94. The van der Waals surface area contributed by atoms with Crippen molar-refractivity contribution in [3.8, 4) is 11.4 Å².